The Morgan fingerprint density at radius 1 is 1.11 bits per heavy atom. The van der Waals surface area contributed by atoms with E-state index in [-0.39, 0.29) is 24.2 Å². The number of halogens is 1. The average molecular weight is 378 g/mol. The smallest absolute Gasteiger partial charge is 0.238 e. The van der Waals surface area contributed by atoms with Crippen molar-refractivity contribution in [3.05, 3.63) is 30.1 Å². The van der Waals surface area contributed by atoms with Crippen LogP contribution in [0.15, 0.2) is 24.3 Å². The summed E-state index contributed by atoms with van der Waals surface area (Å²) in [6.45, 7) is 9.46. The van der Waals surface area contributed by atoms with Crippen LogP contribution >= 0.6 is 0 Å². The van der Waals surface area contributed by atoms with Crippen LogP contribution in [-0.2, 0) is 9.59 Å². The number of unbranched alkanes of at least 4 members (excludes halogenated alkanes) is 1. The van der Waals surface area contributed by atoms with E-state index in [0.717, 1.165) is 52.1 Å². The molecule has 1 heterocycles. The monoisotopic (exact) mass is 378 g/mol. The number of rotatable bonds is 9. The molecule has 1 saturated heterocycles. The molecule has 1 N–H and O–H groups in total. The Hall–Kier alpha value is -1.99. The number of hydrogen-bond acceptors (Lipinski definition) is 4. The lowest BCUT2D eigenvalue weighted by Crippen LogP contribution is -2.51. The second-order valence-corrected chi connectivity index (χ2v) is 6.94. The third-order valence-electron chi connectivity index (χ3n) is 4.82. The summed E-state index contributed by atoms with van der Waals surface area (Å²) in [6.07, 6.45) is 2.12. The number of piperazine rings is 1. The number of amides is 2. The summed E-state index contributed by atoms with van der Waals surface area (Å²) >= 11 is 0. The zero-order chi connectivity index (χ0) is 19.6. The Labute approximate surface area is 161 Å². The fourth-order valence-corrected chi connectivity index (χ4v) is 3.17. The number of anilines is 1. The molecule has 0 radical (unpaired) electrons. The zero-order valence-electron chi connectivity index (χ0n) is 16.4. The molecule has 6 nitrogen and oxygen atoms in total. The molecule has 7 heteroatoms. The van der Waals surface area contributed by atoms with E-state index in [4.69, 9.17) is 0 Å². The lowest BCUT2D eigenvalue weighted by molar-refractivity contribution is -0.133. The Morgan fingerprint density at radius 3 is 2.37 bits per heavy atom. The van der Waals surface area contributed by atoms with Crippen molar-refractivity contribution in [2.24, 2.45) is 0 Å². The summed E-state index contributed by atoms with van der Waals surface area (Å²) in [6, 6.07) is 5.89. The minimum Gasteiger partial charge on any atom is -0.342 e. The van der Waals surface area contributed by atoms with Crippen molar-refractivity contribution in [3.8, 4) is 0 Å². The molecule has 1 aliphatic rings. The first-order chi connectivity index (χ1) is 13.0. The van der Waals surface area contributed by atoms with Crippen molar-refractivity contribution in [3.63, 3.8) is 0 Å². The molecule has 0 aromatic heterocycles. The minimum atomic E-state index is -0.369. The molecule has 1 aliphatic heterocycles. The van der Waals surface area contributed by atoms with Gasteiger partial charge in [0.05, 0.1) is 13.1 Å². The molecular weight excluding hydrogens is 347 g/mol. The van der Waals surface area contributed by atoms with Gasteiger partial charge in [0.1, 0.15) is 5.82 Å². The number of hydrogen-bond donors (Lipinski definition) is 1. The van der Waals surface area contributed by atoms with Crippen LogP contribution in [0.5, 0.6) is 0 Å². The van der Waals surface area contributed by atoms with Gasteiger partial charge in [0, 0.05) is 45.0 Å². The fourth-order valence-electron chi connectivity index (χ4n) is 3.17. The van der Waals surface area contributed by atoms with Gasteiger partial charge in [0.15, 0.2) is 0 Å². The molecular formula is C20H31FN4O2. The zero-order valence-corrected chi connectivity index (χ0v) is 16.4. The van der Waals surface area contributed by atoms with Gasteiger partial charge >= 0.3 is 0 Å². The van der Waals surface area contributed by atoms with Gasteiger partial charge in [-0.2, -0.15) is 0 Å². The van der Waals surface area contributed by atoms with Crippen LogP contribution in [0, 0.1) is 5.82 Å². The number of nitrogens with one attached hydrogen (secondary N) is 1. The van der Waals surface area contributed by atoms with Crippen molar-refractivity contribution in [2.75, 3.05) is 57.7 Å². The summed E-state index contributed by atoms with van der Waals surface area (Å²) in [5, 5.41) is 2.72. The van der Waals surface area contributed by atoms with Gasteiger partial charge in [-0.25, -0.2) is 4.39 Å². The second-order valence-electron chi connectivity index (χ2n) is 6.94. The third kappa shape index (κ3) is 7.27. The summed E-state index contributed by atoms with van der Waals surface area (Å²) in [7, 11) is 0. The van der Waals surface area contributed by atoms with E-state index in [1.54, 1.807) is 12.1 Å². The maximum Gasteiger partial charge on any atom is 0.238 e. The highest BCUT2D eigenvalue weighted by Crippen LogP contribution is 2.10. The molecule has 1 aromatic rings. The minimum absolute atomic E-state index is 0.151. The summed E-state index contributed by atoms with van der Waals surface area (Å²) in [5.74, 6) is -0.337. The number of carbonyl (C=O) groups excluding carboxylic acids is 2. The lowest BCUT2D eigenvalue weighted by Gasteiger charge is -2.35. The average Bonchev–Trinajstić information content (AvgIpc) is 2.64. The lowest BCUT2D eigenvalue weighted by atomic mass is 10.2. The Kier molecular flexibility index (Phi) is 8.67. The number of carbonyl (C=O) groups is 2. The van der Waals surface area contributed by atoms with Crippen LogP contribution < -0.4 is 5.32 Å². The van der Waals surface area contributed by atoms with Gasteiger partial charge in [-0.1, -0.05) is 19.4 Å². The van der Waals surface area contributed by atoms with Crippen LogP contribution in [0.4, 0.5) is 10.1 Å². The largest absolute Gasteiger partial charge is 0.342 e. The Morgan fingerprint density at radius 2 is 1.78 bits per heavy atom. The molecule has 0 saturated carbocycles. The molecule has 150 valence electrons. The summed E-state index contributed by atoms with van der Waals surface area (Å²) in [5.41, 5.74) is 0.468. The molecule has 2 rings (SSSR count). The topological polar surface area (TPSA) is 55.9 Å². The van der Waals surface area contributed by atoms with Gasteiger partial charge in [0.2, 0.25) is 11.8 Å². The number of nitrogens with zero attached hydrogens (tertiary/aromatic N) is 3. The molecule has 0 bridgehead atoms. The van der Waals surface area contributed by atoms with E-state index in [2.05, 4.69) is 22.0 Å². The highest BCUT2D eigenvalue weighted by Gasteiger charge is 2.22. The molecule has 0 unspecified atom stereocenters. The van der Waals surface area contributed by atoms with Crippen LogP contribution in [0.1, 0.15) is 26.7 Å². The summed E-state index contributed by atoms with van der Waals surface area (Å²) in [4.78, 5) is 30.7. The highest BCUT2D eigenvalue weighted by atomic mass is 19.1. The molecule has 0 spiro atoms. The highest BCUT2D eigenvalue weighted by molar-refractivity contribution is 5.92. The van der Waals surface area contributed by atoms with Crippen molar-refractivity contribution in [2.45, 2.75) is 26.7 Å². The standard InChI is InChI=1S/C20H31FN4O2/c1-3-5-9-25(4-2)20(27)16-24-12-10-23(11-13-24)15-19(26)22-18-8-6-7-17(21)14-18/h6-8,14H,3-5,9-13,15-16H2,1-2H3,(H,22,26). The first-order valence-electron chi connectivity index (χ1n) is 9.79. The maximum atomic E-state index is 13.2. The molecule has 2 amide bonds. The predicted octanol–water partition coefficient (Wildman–Crippen LogP) is 2.03. The number of benzene rings is 1. The van der Waals surface area contributed by atoms with E-state index in [1.807, 2.05) is 11.8 Å². The first-order valence-corrected chi connectivity index (χ1v) is 9.79. The molecule has 0 aliphatic carbocycles. The second kappa shape index (κ2) is 11.0. The quantitative estimate of drug-likeness (QED) is 0.714. The van der Waals surface area contributed by atoms with E-state index in [0.29, 0.717) is 12.2 Å². The van der Waals surface area contributed by atoms with Crippen molar-refractivity contribution in [1.82, 2.24) is 14.7 Å². The van der Waals surface area contributed by atoms with Crippen LogP contribution in [0.2, 0.25) is 0 Å². The molecule has 1 aromatic carbocycles. The number of likely N-dealkylation sites (N-methyl/N-ethyl adjacent to an activating group) is 1. The van der Waals surface area contributed by atoms with E-state index < -0.39 is 0 Å². The first kappa shape index (κ1) is 21.3. The van der Waals surface area contributed by atoms with Crippen LogP contribution in [0.25, 0.3) is 0 Å². The van der Waals surface area contributed by atoms with E-state index in [1.165, 1.54) is 12.1 Å². The van der Waals surface area contributed by atoms with Crippen LogP contribution in [-0.4, -0.2) is 78.9 Å². The molecule has 27 heavy (non-hydrogen) atoms. The summed E-state index contributed by atoms with van der Waals surface area (Å²) < 4.78 is 13.2. The van der Waals surface area contributed by atoms with Crippen LogP contribution in [0.3, 0.4) is 0 Å². The third-order valence-corrected chi connectivity index (χ3v) is 4.82. The van der Waals surface area contributed by atoms with Gasteiger partial charge < -0.3 is 10.2 Å². The maximum absolute atomic E-state index is 13.2. The molecule has 0 atom stereocenters. The van der Waals surface area contributed by atoms with Gasteiger partial charge in [-0.15, -0.1) is 0 Å². The van der Waals surface area contributed by atoms with E-state index in [9.17, 15) is 14.0 Å². The van der Waals surface area contributed by atoms with Gasteiger partial charge in [-0.05, 0) is 31.5 Å². The van der Waals surface area contributed by atoms with Gasteiger partial charge in [0.25, 0.3) is 0 Å². The van der Waals surface area contributed by atoms with E-state index >= 15 is 0 Å². The Bertz CT molecular complexity index is 618. The normalized spacial score (nSPS) is 15.5. The van der Waals surface area contributed by atoms with Crippen molar-refractivity contribution < 1.29 is 14.0 Å². The van der Waals surface area contributed by atoms with Crippen molar-refractivity contribution in [1.29, 1.82) is 0 Å². The Balaban J connectivity index is 1.71. The van der Waals surface area contributed by atoms with Gasteiger partial charge in [-0.3, -0.25) is 19.4 Å². The fraction of sp³-hybridized carbons (Fsp3) is 0.600. The predicted molar refractivity (Wildman–Crippen MR) is 105 cm³/mol. The molecule has 1 fully saturated rings. The van der Waals surface area contributed by atoms with Crippen molar-refractivity contribution >= 4 is 17.5 Å². The SMILES string of the molecule is CCCCN(CC)C(=O)CN1CCN(CC(=O)Nc2cccc(F)c2)CC1.